The third kappa shape index (κ3) is 2.89. The summed E-state index contributed by atoms with van der Waals surface area (Å²) in [6.45, 7) is 1.52. The van der Waals surface area contributed by atoms with Crippen molar-refractivity contribution in [2.75, 3.05) is 0 Å². The van der Waals surface area contributed by atoms with E-state index >= 15 is 0 Å². The molecule has 1 atom stereocenters. The van der Waals surface area contributed by atoms with Crippen LogP contribution in [0.4, 0.5) is 0 Å². The average molecular weight is 172 g/mol. The predicted molar refractivity (Wildman–Crippen MR) is 41.4 cm³/mol. The van der Waals surface area contributed by atoms with Crippen molar-refractivity contribution in [3.63, 3.8) is 0 Å². The molecule has 0 fully saturated rings. The maximum atomic E-state index is 10.5. The molecule has 0 aliphatic heterocycles. The fraction of sp³-hybridized carbons (Fsp3) is 0.222. The number of carboxylic acid groups (broad SMARTS) is 1. The zero-order valence-corrected chi connectivity index (χ0v) is 7.65. The van der Waals surface area contributed by atoms with Crippen LogP contribution < -0.4 is 24.0 Å². The quantitative estimate of drug-likeness (QED) is 0.487. The summed E-state index contributed by atoms with van der Waals surface area (Å²) in [5.74, 6) is -1.26. The van der Waals surface area contributed by atoms with Crippen molar-refractivity contribution in [3.05, 3.63) is 35.4 Å². The summed E-state index contributed by atoms with van der Waals surface area (Å²) >= 11 is 0. The summed E-state index contributed by atoms with van der Waals surface area (Å²) in [5.41, 5.74) is 0.435. The van der Waals surface area contributed by atoms with E-state index in [1.165, 1.54) is 13.0 Å². The van der Waals surface area contributed by atoms with Gasteiger partial charge in [0.2, 0.25) is 0 Å². The molecule has 0 aromatic heterocycles. The zero-order chi connectivity index (χ0) is 9.14. The molecular formula is C9H9LiO3. The number of carbonyl (C=O) groups excluding carboxylic acids is 1. The Labute approximate surface area is 88.6 Å². The fourth-order valence-corrected chi connectivity index (χ4v) is 1.05. The molecule has 3 nitrogen and oxygen atoms in total. The second-order valence-corrected chi connectivity index (χ2v) is 2.55. The molecule has 64 valence electrons. The van der Waals surface area contributed by atoms with E-state index in [0.717, 1.165) is 0 Å². The van der Waals surface area contributed by atoms with Crippen LogP contribution in [0.2, 0.25) is 0 Å². The van der Waals surface area contributed by atoms with Crippen molar-refractivity contribution in [1.29, 1.82) is 0 Å². The van der Waals surface area contributed by atoms with Crippen LogP contribution in [0, 0.1) is 0 Å². The normalized spacial score (nSPS) is 11.5. The summed E-state index contributed by atoms with van der Waals surface area (Å²) in [4.78, 5) is 10.5. The number of aliphatic hydroxyl groups is 1. The van der Waals surface area contributed by atoms with E-state index in [1.807, 2.05) is 0 Å². The summed E-state index contributed by atoms with van der Waals surface area (Å²) < 4.78 is 0. The molecule has 0 radical (unpaired) electrons. The van der Waals surface area contributed by atoms with Gasteiger partial charge < -0.3 is 15.0 Å². The van der Waals surface area contributed by atoms with Crippen LogP contribution in [0.5, 0.6) is 0 Å². The molecule has 1 rings (SSSR count). The molecule has 0 amide bonds. The number of benzene rings is 1. The molecule has 1 aromatic rings. The maximum Gasteiger partial charge on any atom is 1.00 e. The van der Waals surface area contributed by atoms with Gasteiger partial charge in [0.15, 0.2) is 0 Å². The molecule has 1 unspecified atom stereocenters. The first-order valence-corrected chi connectivity index (χ1v) is 3.61. The van der Waals surface area contributed by atoms with Crippen molar-refractivity contribution in [1.82, 2.24) is 0 Å². The molecule has 0 aliphatic rings. The van der Waals surface area contributed by atoms with Gasteiger partial charge in [0, 0.05) is 5.56 Å². The van der Waals surface area contributed by atoms with E-state index in [4.69, 9.17) is 5.11 Å². The number of aliphatic hydroxyl groups excluding tert-OH is 1. The molecule has 0 aliphatic carbocycles. The number of hydrogen-bond donors (Lipinski definition) is 1. The monoisotopic (exact) mass is 172 g/mol. The molecule has 0 saturated carbocycles. The van der Waals surface area contributed by atoms with Crippen LogP contribution in [0.25, 0.3) is 0 Å². The van der Waals surface area contributed by atoms with Gasteiger partial charge in [-0.3, -0.25) is 0 Å². The minimum Gasteiger partial charge on any atom is -0.545 e. The van der Waals surface area contributed by atoms with Crippen molar-refractivity contribution < 1.29 is 33.9 Å². The Kier molecular flexibility index (Phi) is 4.79. The van der Waals surface area contributed by atoms with Gasteiger partial charge in [0.05, 0.1) is 12.1 Å². The molecule has 0 spiro atoms. The third-order valence-electron chi connectivity index (χ3n) is 1.63. The van der Waals surface area contributed by atoms with Crippen molar-refractivity contribution in [2.45, 2.75) is 13.0 Å². The number of aromatic carboxylic acids is 1. The van der Waals surface area contributed by atoms with Gasteiger partial charge in [-0.05, 0) is 12.5 Å². The second-order valence-electron chi connectivity index (χ2n) is 2.55. The summed E-state index contributed by atoms with van der Waals surface area (Å²) in [6, 6.07) is 6.25. The van der Waals surface area contributed by atoms with Crippen LogP contribution in [-0.2, 0) is 0 Å². The summed E-state index contributed by atoms with van der Waals surface area (Å²) in [7, 11) is 0. The first-order valence-electron chi connectivity index (χ1n) is 3.61. The van der Waals surface area contributed by atoms with Gasteiger partial charge in [-0.1, -0.05) is 24.3 Å². The first-order chi connectivity index (χ1) is 5.63. The molecule has 0 saturated heterocycles. The summed E-state index contributed by atoms with van der Waals surface area (Å²) in [5, 5.41) is 19.7. The van der Waals surface area contributed by atoms with Crippen LogP contribution in [0.1, 0.15) is 28.9 Å². The van der Waals surface area contributed by atoms with E-state index in [1.54, 1.807) is 18.2 Å². The van der Waals surface area contributed by atoms with Gasteiger partial charge in [-0.2, -0.15) is 0 Å². The molecule has 0 bridgehead atoms. The Bertz CT molecular complexity index is 297. The van der Waals surface area contributed by atoms with Gasteiger partial charge in [0.1, 0.15) is 0 Å². The number of carboxylic acids is 1. The smallest absolute Gasteiger partial charge is 0.545 e. The minimum absolute atomic E-state index is 0. The first kappa shape index (κ1) is 12.2. The van der Waals surface area contributed by atoms with E-state index in [9.17, 15) is 9.90 Å². The Morgan fingerprint density at radius 2 is 2.00 bits per heavy atom. The van der Waals surface area contributed by atoms with E-state index < -0.39 is 12.1 Å². The number of carbonyl (C=O) groups is 1. The van der Waals surface area contributed by atoms with Gasteiger partial charge in [-0.15, -0.1) is 0 Å². The number of rotatable bonds is 2. The average Bonchev–Trinajstić information content (AvgIpc) is 2.04. The van der Waals surface area contributed by atoms with Gasteiger partial charge in [-0.25, -0.2) is 0 Å². The Balaban J connectivity index is 0.00000144. The predicted octanol–water partition coefficient (Wildman–Crippen LogP) is -2.89. The zero-order valence-electron chi connectivity index (χ0n) is 7.65. The van der Waals surface area contributed by atoms with Gasteiger partial charge >= 0.3 is 18.9 Å². The van der Waals surface area contributed by atoms with Gasteiger partial charge in [0.25, 0.3) is 0 Å². The molecule has 0 heterocycles. The van der Waals surface area contributed by atoms with E-state index in [2.05, 4.69) is 0 Å². The number of hydrogen-bond acceptors (Lipinski definition) is 3. The summed E-state index contributed by atoms with van der Waals surface area (Å²) in [6.07, 6.45) is -0.779. The minimum atomic E-state index is -1.26. The molecule has 4 heteroatoms. The fourth-order valence-electron chi connectivity index (χ4n) is 1.05. The van der Waals surface area contributed by atoms with Crippen LogP contribution >= 0.6 is 0 Å². The van der Waals surface area contributed by atoms with Crippen molar-refractivity contribution >= 4 is 5.97 Å². The molecule has 1 N–H and O–H groups in total. The Morgan fingerprint density at radius 3 is 2.38 bits per heavy atom. The van der Waals surface area contributed by atoms with Crippen molar-refractivity contribution in [3.8, 4) is 0 Å². The van der Waals surface area contributed by atoms with Crippen LogP contribution in [-0.4, -0.2) is 11.1 Å². The molecule has 13 heavy (non-hydrogen) atoms. The topological polar surface area (TPSA) is 60.4 Å². The third-order valence-corrected chi connectivity index (χ3v) is 1.63. The van der Waals surface area contributed by atoms with Crippen LogP contribution in [0.3, 0.4) is 0 Å². The Morgan fingerprint density at radius 1 is 1.46 bits per heavy atom. The molecule has 1 aromatic carbocycles. The SMILES string of the molecule is CC(O)c1ccccc1C(=O)[O-].[Li+]. The largest absolute Gasteiger partial charge is 1.00 e. The second kappa shape index (κ2) is 5.08. The Hall–Kier alpha value is -0.753. The standard InChI is InChI=1S/C9H10O3.Li/c1-6(10)7-4-2-3-5-8(7)9(11)12;/h2-6,10H,1H3,(H,11,12);/q;+1/p-1. The maximum absolute atomic E-state index is 10.5. The van der Waals surface area contributed by atoms with E-state index in [0.29, 0.717) is 5.56 Å². The van der Waals surface area contributed by atoms with E-state index in [-0.39, 0.29) is 24.4 Å². The van der Waals surface area contributed by atoms with Crippen LogP contribution in [0.15, 0.2) is 24.3 Å². The van der Waals surface area contributed by atoms with Crippen molar-refractivity contribution in [2.24, 2.45) is 0 Å². The molecular weight excluding hydrogens is 163 g/mol.